The number of ether oxygens (including phenoxy) is 1. The monoisotopic (exact) mass is 355 g/mol. The molecule has 0 heterocycles. The van der Waals surface area contributed by atoms with Crippen LogP contribution in [0, 0.1) is 5.92 Å². The zero-order chi connectivity index (χ0) is 16.3. The van der Waals surface area contributed by atoms with E-state index in [1.807, 2.05) is 0 Å². The Bertz CT molecular complexity index is 507. The highest BCUT2D eigenvalue weighted by atomic mass is 35.5. The average Bonchev–Trinajstić information content (AvgIpc) is 2.47. The van der Waals surface area contributed by atoms with Gasteiger partial charge in [-0.3, -0.25) is 0 Å². The predicted molar refractivity (Wildman–Crippen MR) is 81.5 cm³/mol. The number of hydrogen-bond donors (Lipinski definition) is 3. The van der Waals surface area contributed by atoms with Gasteiger partial charge in [0.15, 0.2) is 0 Å². The smallest absolute Gasteiger partial charge is 0.508 e. The number of rotatable bonds is 4. The van der Waals surface area contributed by atoms with E-state index in [4.69, 9.17) is 5.73 Å². The lowest BCUT2D eigenvalue weighted by Crippen LogP contribution is -2.34. The molecule has 23 heavy (non-hydrogen) atoms. The summed E-state index contributed by atoms with van der Waals surface area (Å²) in [5.74, 6) is -0.723. The maximum Gasteiger partial charge on any atom is 0.573 e. The summed E-state index contributed by atoms with van der Waals surface area (Å²) in [6.07, 6.45) is -0.968. The van der Waals surface area contributed by atoms with Crippen LogP contribution in [0.15, 0.2) is 18.2 Å². The summed E-state index contributed by atoms with van der Waals surface area (Å²) in [5, 5.41) is 20.2. The molecule has 1 aromatic rings. The van der Waals surface area contributed by atoms with Crippen LogP contribution in [0.5, 0.6) is 11.5 Å². The molecule has 0 amide bonds. The Labute approximate surface area is 138 Å². The molecular formula is C15H21ClF3NO3. The van der Waals surface area contributed by atoms with E-state index in [2.05, 4.69) is 4.74 Å². The second kappa shape index (κ2) is 8.08. The van der Waals surface area contributed by atoms with E-state index in [-0.39, 0.29) is 29.6 Å². The number of aromatic hydroxyl groups is 1. The van der Waals surface area contributed by atoms with Crippen LogP contribution < -0.4 is 10.5 Å². The third-order valence-electron chi connectivity index (χ3n) is 4.09. The summed E-state index contributed by atoms with van der Waals surface area (Å²) in [5.41, 5.74) is 6.01. The van der Waals surface area contributed by atoms with Gasteiger partial charge >= 0.3 is 6.36 Å². The Kier molecular flexibility index (Phi) is 6.98. The Morgan fingerprint density at radius 2 is 1.78 bits per heavy atom. The van der Waals surface area contributed by atoms with Crippen LogP contribution in [-0.4, -0.2) is 22.7 Å². The van der Waals surface area contributed by atoms with Gasteiger partial charge < -0.3 is 20.7 Å². The molecule has 0 bridgehead atoms. The summed E-state index contributed by atoms with van der Waals surface area (Å²) >= 11 is 0. The van der Waals surface area contributed by atoms with Crippen LogP contribution in [0.25, 0.3) is 0 Å². The van der Waals surface area contributed by atoms with Gasteiger partial charge in [0.1, 0.15) is 11.5 Å². The van der Waals surface area contributed by atoms with Gasteiger partial charge in [-0.05, 0) is 37.0 Å². The van der Waals surface area contributed by atoms with Crippen LogP contribution >= 0.6 is 12.4 Å². The van der Waals surface area contributed by atoms with Crippen LogP contribution in [-0.2, 0) is 0 Å². The van der Waals surface area contributed by atoms with Crippen molar-refractivity contribution in [3.63, 3.8) is 0 Å². The number of phenolic OH excluding ortho intramolecular Hbond substituents is 1. The summed E-state index contributed by atoms with van der Waals surface area (Å²) in [7, 11) is 0. The number of nitrogens with two attached hydrogens (primary N) is 1. The lowest BCUT2D eigenvalue weighted by atomic mass is 9.81. The minimum absolute atomic E-state index is 0. The average molecular weight is 356 g/mol. The highest BCUT2D eigenvalue weighted by Crippen LogP contribution is 2.36. The molecule has 4 nitrogen and oxygen atoms in total. The molecule has 132 valence electrons. The quantitative estimate of drug-likeness (QED) is 0.770. The lowest BCUT2D eigenvalue weighted by Gasteiger charge is -2.31. The van der Waals surface area contributed by atoms with Crippen LogP contribution in [0.3, 0.4) is 0 Å². The van der Waals surface area contributed by atoms with E-state index in [0.29, 0.717) is 0 Å². The Balaban J connectivity index is 0.00000264. The molecule has 0 aliphatic heterocycles. The second-order valence-electron chi connectivity index (χ2n) is 5.68. The normalized spacial score (nSPS) is 18.8. The lowest BCUT2D eigenvalue weighted by molar-refractivity contribution is -0.274. The van der Waals surface area contributed by atoms with Crippen molar-refractivity contribution in [3.8, 4) is 11.5 Å². The topological polar surface area (TPSA) is 75.7 Å². The SMILES string of the molecule is Cl.N[C@@H](c1cc(OC(F)(F)F)ccc1O)[C@H](O)C1CCCCC1. The summed E-state index contributed by atoms with van der Waals surface area (Å²) < 4.78 is 40.6. The fourth-order valence-corrected chi connectivity index (χ4v) is 2.95. The largest absolute Gasteiger partial charge is 0.573 e. The molecule has 0 saturated heterocycles. The van der Waals surface area contributed by atoms with E-state index in [0.717, 1.165) is 50.3 Å². The summed E-state index contributed by atoms with van der Waals surface area (Å²) in [6, 6.07) is 2.16. The van der Waals surface area contributed by atoms with Crippen molar-refractivity contribution < 1.29 is 28.1 Å². The zero-order valence-electron chi connectivity index (χ0n) is 12.4. The molecule has 1 aliphatic rings. The first-order valence-corrected chi connectivity index (χ1v) is 7.30. The van der Waals surface area contributed by atoms with E-state index in [1.165, 1.54) is 0 Å². The molecule has 1 aromatic carbocycles. The highest BCUT2D eigenvalue weighted by molar-refractivity contribution is 5.85. The number of aliphatic hydroxyl groups excluding tert-OH is 1. The predicted octanol–water partition coefficient (Wildman–Crippen LogP) is 3.65. The van der Waals surface area contributed by atoms with Gasteiger partial charge in [-0.1, -0.05) is 19.3 Å². The van der Waals surface area contributed by atoms with E-state index < -0.39 is 24.3 Å². The number of halogens is 4. The molecule has 0 aromatic heterocycles. The molecular weight excluding hydrogens is 335 g/mol. The first kappa shape index (κ1) is 19.9. The standard InChI is InChI=1S/C15H20F3NO3.ClH/c16-15(17,18)22-10-6-7-12(20)11(8-10)13(19)14(21)9-4-2-1-3-5-9;/h6-9,13-14,20-21H,1-5,19H2;1H/t13-,14+;/m0./s1. The number of benzene rings is 1. The molecule has 1 saturated carbocycles. The maximum absolute atomic E-state index is 12.3. The third-order valence-corrected chi connectivity index (χ3v) is 4.09. The minimum atomic E-state index is -4.82. The van der Waals surface area contributed by atoms with Gasteiger partial charge in [0.25, 0.3) is 0 Å². The van der Waals surface area contributed by atoms with Gasteiger partial charge in [-0.25, -0.2) is 0 Å². The maximum atomic E-state index is 12.3. The third kappa shape index (κ3) is 5.44. The van der Waals surface area contributed by atoms with Crippen molar-refractivity contribution in [1.82, 2.24) is 0 Å². The molecule has 1 aliphatic carbocycles. The molecule has 4 N–H and O–H groups in total. The fraction of sp³-hybridized carbons (Fsp3) is 0.600. The number of phenols is 1. The Morgan fingerprint density at radius 3 is 2.35 bits per heavy atom. The second-order valence-corrected chi connectivity index (χ2v) is 5.68. The van der Waals surface area contributed by atoms with Gasteiger partial charge in [0, 0.05) is 5.56 Å². The van der Waals surface area contributed by atoms with Gasteiger partial charge in [0.05, 0.1) is 12.1 Å². The molecule has 1 fully saturated rings. The molecule has 2 atom stereocenters. The molecule has 0 spiro atoms. The van der Waals surface area contributed by atoms with Crippen molar-refractivity contribution in [3.05, 3.63) is 23.8 Å². The molecule has 2 rings (SSSR count). The van der Waals surface area contributed by atoms with Crippen LogP contribution in [0.2, 0.25) is 0 Å². The van der Waals surface area contributed by atoms with E-state index in [9.17, 15) is 23.4 Å². The summed E-state index contributed by atoms with van der Waals surface area (Å²) in [6.45, 7) is 0. The first-order valence-electron chi connectivity index (χ1n) is 7.30. The Morgan fingerprint density at radius 1 is 1.17 bits per heavy atom. The molecule has 0 radical (unpaired) electrons. The molecule has 0 unspecified atom stereocenters. The van der Waals surface area contributed by atoms with Gasteiger partial charge in [0.2, 0.25) is 0 Å². The van der Waals surface area contributed by atoms with Crippen molar-refractivity contribution in [2.45, 2.75) is 50.6 Å². The van der Waals surface area contributed by atoms with Crippen molar-refractivity contribution in [1.29, 1.82) is 0 Å². The van der Waals surface area contributed by atoms with Gasteiger partial charge in [-0.2, -0.15) is 0 Å². The first-order chi connectivity index (χ1) is 10.3. The molecule has 8 heteroatoms. The van der Waals surface area contributed by atoms with E-state index >= 15 is 0 Å². The van der Waals surface area contributed by atoms with Gasteiger partial charge in [-0.15, -0.1) is 25.6 Å². The summed E-state index contributed by atoms with van der Waals surface area (Å²) in [4.78, 5) is 0. The van der Waals surface area contributed by atoms with Crippen molar-refractivity contribution in [2.24, 2.45) is 11.7 Å². The number of hydrogen-bond acceptors (Lipinski definition) is 4. The highest BCUT2D eigenvalue weighted by Gasteiger charge is 2.33. The van der Waals surface area contributed by atoms with Crippen LogP contribution in [0.1, 0.15) is 43.7 Å². The van der Waals surface area contributed by atoms with Crippen molar-refractivity contribution in [2.75, 3.05) is 0 Å². The zero-order valence-corrected chi connectivity index (χ0v) is 13.2. The van der Waals surface area contributed by atoms with E-state index in [1.54, 1.807) is 0 Å². The van der Waals surface area contributed by atoms with Crippen molar-refractivity contribution >= 4 is 12.4 Å². The number of aliphatic hydroxyl groups is 1. The Hall–Kier alpha value is -1.18. The number of alkyl halides is 3. The van der Waals surface area contributed by atoms with Crippen LogP contribution in [0.4, 0.5) is 13.2 Å². The minimum Gasteiger partial charge on any atom is -0.508 e. The fourth-order valence-electron chi connectivity index (χ4n) is 2.95.